The van der Waals surface area contributed by atoms with Crippen LogP contribution in [0.4, 0.5) is 0 Å². The molecular formula is C17H8O5. The van der Waals surface area contributed by atoms with Crippen molar-refractivity contribution in [2.45, 2.75) is 0 Å². The molecule has 0 saturated carbocycles. The molecule has 22 heavy (non-hydrogen) atoms. The van der Waals surface area contributed by atoms with E-state index in [0.29, 0.717) is 11.3 Å². The molecule has 2 heterocycles. The molecule has 0 unspecified atom stereocenters. The maximum absolute atomic E-state index is 12.0. The predicted molar refractivity (Wildman–Crippen MR) is 75.9 cm³/mol. The summed E-state index contributed by atoms with van der Waals surface area (Å²) in [5.41, 5.74) is 1.85. The number of benzene rings is 2. The van der Waals surface area contributed by atoms with E-state index in [0.717, 1.165) is 5.56 Å². The van der Waals surface area contributed by atoms with Crippen LogP contribution in [0.5, 0.6) is 0 Å². The fraction of sp³-hybridized carbons (Fsp3) is 0. The van der Waals surface area contributed by atoms with Gasteiger partial charge in [0.25, 0.3) is 0 Å². The van der Waals surface area contributed by atoms with Crippen molar-refractivity contribution in [1.29, 1.82) is 0 Å². The first-order valence-corrected chi connectivity index (χ1v) is 6.57. The minimum atomic E-state index is -0.740. The van der Waals surface area contributed by atoms with Gasteiger partial charge < -0.3 is 9.47 Å². The lowest BCUT2D eigenvalue weighted by Crippen LogP contribution is -1.98. The van der Waals surface area contributed by atoms with Gasteiger partial charge in [0, 0.05) is 5.56 Å². The van der Waals surface area contributed by atoms with Gasteiger partial charge in [0.2, 0.25) is 0 Å². The Hall–Kier alpha value is -3.21. The van der Waals surface area contributed by atoms with Crippen LogP contribution in [0.2, 0.25) is 0 Å². The van der Waals surface area contributed by atoms with Crippen LogP contribution in [0.3, 0.4) is 0 Å². The molecule has 0 spiro atoms. The summed E-state index contributed by atoms with van der Waals surface area (Å²) >= 11 is 0. The molecule has 0 amide bonds. The highest BCUT2D eigenvalue weighted by molar-refractivity contribution is 6.17. The number of cyclic esters (lactones) is 3. The zero-order chi connectivity index (χ0) is 15.3. The van der Waals surface area contributed by atoms with Crippen molar-refractivity contribution < 1.29 is 23.9 Å². The van der Waals surface area contributed by atoms with Gasteiger partial charge in [-0.2, -0.15) is 0 Å². The number of rotatable bonds is 1. The van der Waals surface area contributed by atoms with Crippen molar-refractivity contribution in [3.8, 4) is 0 Å². The predicted octanol–water partition coefficient (Wildman–Crippen LogP) is 2.67. The van der Waals surface area contributed by atoms with E-state index >= 15 is 0 Å². The number of carbonyl (C=O) groups is 3. The number of carbonyl (C=O) groups excluding carboxylic acids is 3. The molecule has 106 valence electrons. The van der Waals surface area contributed by atoms with Crippen LogP contribution < -0.4 is 0 Å². The highest BCUT2D eigenvalue weighted by Crippen LogP contribution is 2.35. The smallest absolute Gasteiger partial charge is 0.346 e. The molecule has 0 bridgehead atoms. The summed E-state index contributed by atoms with van der Waals surface area (Å²) in [4.78, 5) is 35.1. The van der Waals surface area contributed by atoms with Crippen LogP contribution in [0.25, 0.3) is 11.8 Å². The van der Waals surface area contributed by atoms with Crippen molar-refractivity contribution >= 4 is 29.7 Å². The van der Waals surface area contributed by atoms with Crippen LogP contribution in [-0.4, -0.2) is 17.9 Å². The van der Waals surface area contributed by atoms with E-state index in [1.165, 1.54) is 12.1 Å². The number of fused-ring (bicyclic) bond motifs is 2. The van der Waals surface area contributed by atoms with E-state index in [-0.39, 0.29) is 16.7 Å². The van der Waals surface area contributed by atoms with Gasteiger partial charge in [0.15, 0.2) is 0 Å². The first kappa shape index (κ1) is 12.5. The maximum atomic E-state index is 12.0. The van der Waals surface area contributed by atoms with E-state index < -0.39 is 17.9 Å². The Labute approximate surface area is 124 Å². The molecule has 0 aliphatic carbocycles. The van der Waals surface area contributed by atoms with Gasteiger partial charge in [-0.25, -0.2) is 14.4 Å². The molecule has 4 rings (SSSR count). The summed E-state index contributed by atoms with van der Waals surface area (Å²) in [5.74, 6) is -1.65. The van der Waals surface area contributed by atoms with E-state index in [9.17, 15) is 14.4 Å². The summed E-state index contributed by atoms with van der Waals surface area (Å²) in [6.07, 6.45) is 1.71. The largest absolute Gasteiger partial charge is 0.422 e. The number of ether oxygens (including phenoxy) is 2. The Bertz CT molecular complexity index is 877. The van der Waals surface area contributed by atoms with Crippen molar-refractivity contribution in [2.24, 2.45) is 0 Å². The molecule has 0 N–H and O–H groups in total. The Morgan fingerprint density at radius 3 is 1.91 bits per heavy atom. The van der Waals surface area contributed by atoms with Gasteiger partial charge >= 0.3 is 17.9 Å². The summed E-state index contributed by atoms with van der Waals surface area (Å²) in [6.45, 7) is 0. The Kier molecular flexibility index (Phi) is 2.50. The van der Waals surface area contributed by atoms with E-state index in [1.807, 2.05) is 30.3 Å². The van der Waals surface area contributed by atoms with E-state index in [4.69, 9.17) is 4.74 Å². The van der Waals surface area contributed by atoms with Crippen molar-refractivity contribution in [3.63, 3.8) is 0 Å². The fourth-order valence-electron chi connectivity index (χ4n) is 2.52. The molecule has 0 radical (unpaired) electrons. The van der Waals surface area contributed by atoms with E-state index in [2.05, 4.69) is 4.74 Å². The second-order valence-corrected chi connectivity index (χ2v) is 4.93. The molecule has 2 aliphatic rings. The minimum absolute atomic E-state index is 0.0988. The molecule has 0 fully saturated rings. The number of hydrogen-bond acceptors (Lipinski definition) is 5. The van der Waals surface area contributed by atoms with Crippen LogP contribution in [0.1, 0.15) is 42.2 Å². The topological polar surface area (TPSA) is 69.7 Å². The lowest BCUT2D eigenvalue weighted by Gasteiger charge is -2.00. The maximum Gasteiger partial charge on any atom is 0.346 e. The van der Waals surface area contributed by atoms with Gasteiger partial charge in [0.05, 0.1) is 16.7 Å². The molecule has 2 aliphatic heterocycles. The molecule has 2 aromatic carbocycles. The summed E-state index contributed by atoms with van der Waals surface area (Å²) in [5, 5.41) is 0. The Morgan fingerprint density at radius 2 is 1.23 bits per heavy atom. The molecule has 0 saturated heterocycles. The summed E-state index contributed by atoms with van der Waals surface area (Å²) in [6, 6.07) is 12.2. The Balaban J connectivity index is 1.89. The van der Waals surface area contributed by atoms with Gasteiger partial charge in [-0.3, -0.25) is 0 Å². The van der Waals surface area contributed by atoms with Crippen LogP contribution in [-0.2, 0) is 9.47 Å². The van der Waals surface area contributed by atoms with Crippen molar-refractivity contribution in [1.82, 2.24) is 0 Å². The van der Waals surface area contributed by atoms with Gasteiger partial charge in [0.1, 0.15) is 5.76 Å². The molecule has 2 aromatic rings. The molecule has 5 heteroatoms. The second kappa shape index (κ2) is 4.39. The Morgan fingerprint density at radius 1 is 0.682 bits per heavy atom. The van der Waals surface area contributed by atoms with Gasteiger partial charge in [-0.15, -0.1) is 0 Å². The normalized spacial score (nSPS) is 17.3. The highest BCUT2D eigenvalue weighted by atomic mass is 16.6. The fourth-order valence-corrected chi connectivity index (χ4v) is 2.52. The lowest BCUT2D eigenvalue weighted by molar-refractivity contribution is 0.0443. The minimum Gasteiger partial charge on any atom is -0.422 e. The second-order valence-electron chi connectivity index (χ2n) is 4.93. The number of esters is 3. The highest BCUT2D eigenvalue weighted by Gasteiger charge is 2.36. The zero-order valence-corrected chi connectivity index (χ0v) is 11.2. The summed E-state index contributed by atoms with van der Waals surface area (Å²) < 4.78 is 9.79. The van der Waals surface area contributed by atoms with Crippen LogP contribution in [0.15, 0.2) is 42.5 Å². The van der Waals surface area contributed by atoms with E-state index in [1.54, 1.807) is 6.08 Å². The number of hydrogen-bond donors (Lipinski definition) is 0. The van der Waals surface area contributed by atoms with Crippen molar-refractivity contribution in [3.05, 3.63) is 70.3 Å². The molecule has 0 aromatic heterocycles. The SMILES string of the molecule is O=C1OC(=O)c2cc3c(cc21)C(=O)O/C3=C/c1ccccc1. The average Bonchev–Trinajstić information content (AvgIpc) is 2.97. The zero-order valence-electron chi connectivity index (χ0n) is 11.2. The third-order valence-electron chi connectivity index (χ3n) is 3.57. The average molecular weight is 292 g/mol. The molecule has 0 atom stereocenters. The third kappa shape index (κ3) is 1.76. The summed E-state index contributed by atoms with van der Waals surface area (Å²) in [7, 11) is 0. The third-order valence-corrected chi connectivity index (χ3v) is 3.57. The quantitative estimate of drug-likeness (QED) is 0.597. The monoisotopic (exact) mass is 292 g/mol. The molecular weight excluding hydrogens is 284 g/mol. The van der Waals surface area contributed by atoms with Gasteiger partial charge in [-0.1, -0.05) is 30.3 Å². The van der Waals surface area contributed by atoms with Crippen LogP contribution in [0, 0.1) is 0 Å². The van der Waals surface area contributed by atoms with Gasteiger partial charge in [-0.05, 0) is 23.8 Å². The van der Waals surface area contributed by atoms with Crippen LogP contribution >= 0.6 is 0 Å². The molecule has 5 nitrogen and oxygen atoms in total. The lowest BCUT2D eigenvalue weighted by atomic mass is 9.99. The first-order chi connectivity index (χ1) is 10.6. The standard InChI is InChI=1S/C17H8O5/c18-15-11-8-13-12(16(19)22-17(13)20)7-10(11)14(21-15)6-9-4-2-1-3-5-9/h1-8H/b14-6+. The van der Waals surface area contributed by atoms with Crippen molar-refractivity contribution in [2.75, 3.05) is 0 Å². The first-order valence-electron chi connectivity index (χ1n) is 6.57.